The van der Waals surface area contributed by atoms with E-state index in [-0.39, 0.29) is 12.1 Å². The number of primary amides is 1. The van der Waals surface area contributed by atoms with Gasteiger partial charge in [0, 0.05) is 22.7 Å². The SMILES string of the molecule is Cc1cc(-c2nc(-c3cc(C(N)=O)c(C)n3Cc3cc(F)ccc3F)cs2)no1. The number of carbonyl (C=O) groups is 1. The molecule has 3 heterocycles. The molecule has 0 aliphatic carbocycles. The van der Waals surface area contributed by atoms with Crippen LogP contribution in [0.1, 0.15) is 27.4 Å². The number of hydrogen-bond acceptors (Lipinski definition) is 5. The van der Waals surface area contributed by atoms with Crippen molar-refractivity contribution in [2.75, 3.05) is 0 Å². The van der Waals surface area contributed by atoms with Gasteiger partial charge in [0.1, 0.15) is 28.1 Å². The van der Waals surface area contributed by atoms with E-state index in [0.717, 1.165) is 18.2 Å². The lowest BCUT2D eigenvalue weighted by Gasteiger charge is -2.12. The Bertz CT molecular complexity index is 1230. The summed E-state index contributed by atoms with van der Waals surface area (Å²) in [5, 5.41) is 6.40. The second-order valence-corrected chi connectivity index (χ2v) is 7.43. The van der Waals surface area contributed by atoms with E-state index in [9.17, 15) is 13.6 Å². The molecule has 0 radical (unpaired) electrons. The Morgan fingerprint density at radius 2 is 2.00 bits per heavy atom. The number of halogens is 2. The lowest BCUT2D eigenvalue weighted by atomic mass is 10.2. The van der Waals surface area contributed by atoms with Crippen LogP contribution in [0.25, 0.3) is 22.1 Å². The van der Waals surface area contributed by atoms with Gasteiger partial charge in [0.15, 0.2) is 0 Å². The molecule has 9 heteroatoms. The third kappa shape index (κ3) is 3.56. The summed E-state index contributed by atoms with van der Waals surface area (Å²) in [6.07, 6.45) is 0. The first-order valence-corrected chi connectivity index (χ1v) is 9.55. The van der Waals surface area contributed by atoms with Crippen molar-refractivity contribution >= 4 is 17.2 Å². The first kappa shape index (κ1) is 19.0. The fourth-order valence-corrected chi connectivity index (χ4v) is 3.89. The van der Waals surface area contributed by atoms with Gasteiger partial charge in [-0.15, -0.1) is 11.3 Å². The topological polar surface area (TPSA) is 86.9 Å². The Morgan fingerprint density at radius 1 is 1.21 bits per heavy atom. The lowest BCUT2D eigenvalue weighted by Crippen LogP contribution is -2.13. The molecule has 0 saturated carbocycles. The van der Waals surface area contributed by atoms with Gasteiger partial charge in [-0.05, 0) is 38.1 Å². The predicted molar refractivity (Wildman–Crippen MR) is 104 cm³/mol. The van der Waals surface area contributed by atoms with Gasteiger partial charge in [0.25, 0.3) is 5.91 Å². The van der Waals surface area contributed by atoms with Gasteiger partial charge in [-0.1, -0.05) is 5.16 Å². The van der Waals surface area contributed by atoms with Crippen LogP contribution in [-0.4, -0.2) is 20.6 Å². The molecule has 0 aliphatic heterocycles. The summed E-state index contributed by atoms with van der Waals surface area (Å²) >= 11 is 1.36. The molecule has 0 unspecified atom stereocenters. The third-order valence-corrected chi connectivity index (χ3v) is 5.45. The summed E-state index contributed by atoms with van der Waals surface area (Å²) in [5.41, 5.74) is 8.23. The maximum absolute atomic E-state index is 14.2. The van der Waals surface area contributed by atoms with Crippen LogP contribution in [0.5, 0.6) is 0 Å². The van der Waals surface area contributed by atoms with E-state index in [1.807, 2.05) is 0 Å². The molecule has 0 aliphatic rings. The number of rotatable bonds is 5. The van der Waals surface area contributed by atoms with Crippen molar-refractivity contribution in [2.24, 2.45) is 5.73 Å². The maximum atomic E-state index is 14.2. The van der Waals surface area contributed by atoms with Gasteiger partial charge >= 0.3 is 0 Å². The van der Waals surface area contributed by atoms with E-state index >= 15 is 0 Å². The van der Waals surface area contributed by atoms with Gasteiger partial charge < -0.3 is 14.8 Å². The molecule has 6 nitrogen and oxygen atoms in total. The zero-order chi connectivity index (χ0) is 20.7. The fraction of sp³-hybridized carbons (Fsp3) is 0.150. The van der Waals surface area contributed by atoms with E-state index in [1.165, 1.54) is 11.3 Å². The van der Waals surface area contributed by atoms with Crippen LogP contribution in [0.15, 0.2) is 40.2 Å². The summed E-state index contributed by atoms with van der Waals surface area (Å²) < 4.78 is 34.6. The largest absolute Gasteiger partial charge is 0.366 e. The molecule has 0 spiro atoms. The Labute approximate surface area is 168 Å². The second kappa shape index (κ2) is 7.25. The highest BCUT2D eigenvalue weighted by Gasteiger charge is 2.20. The van der Waals surface area contributed by atoms with E-state index < -0.39 is 17.5 Å². The Hall–Kier alpha value is -3.33. The molecule has 0 fully saturated rings. The number of aryl methyl sites for hydroxylation is 1. The predicted octanol–water partition coefficient (Wildman–Crippen LogP) is 4.31. The number of benzene rings is 1. The first-order valence-electron chi connectivity index (χ1n) is 8.67. The van der Waals surface area contributed by atoms with Crippen LogP contribution in [-0.2, 0) is 6.54 Å². The van der Waals surface area contributed by atoms with Gasteiger partial charge in [-0.2, -0.15) is 0 Å². The Morgan fingerprint density at radius 3 is 2.69 bits per heavy atom. The normalized spacial score (nSPS) is 11.2. The van der Waals surface area contributed by atoms with Crippen molar-refractivity contribution in [2.45, 2.75) is 20.4 Å². The quantitative estimate of drug-likeness (QED) is 0.527. The van der Waals surface area contributed by atoms with Gasteiger partial charge in [0.05, 0.1) is 23.5 Å². The van der Waals surface area contributed by atoms with Crippen LogP contribution in [0.2, 0.25) is 0 Å². The van der Waals surface area contributed by atoms with Crippen LogP contribution in [0.3, 0.4) is 0 Å². The Kier molecular flexibility index (Phi) is 4.75. The number of carbonyl (C=O) groups excluding carboxylic acids is 1. The maximum Gasteiger partial charge on any atom is 0.250 e. The molecule has 1 amide bonds. The summed E-state index contributed by atoms with van der Waals surface area (Å²) in [5.74, 6) is -1.03. The number of thiazole rings is 1. The highest BCUT2D eigenvalue weighted by atomic mass is 32.1. The highest BCUT2D eigenvalue weighted by molar-refractivity contribution is 7.13. The smallest absolute Gasteiger partial charge is 0.250 e. The molecule has 2 N–H and O–H groups in total. The van der Waals surface area contributed by atoms with Crippen LogP contribution in [0.4, 0.5) is 8.78 Å². The average Bonchev–Trinajstić information content (AvgIpc) is 3.38. The summed E-state index contributed by atoms with van der Waals surface area (Å²) in [7, 11) is 0. The van der Waals surface area contributed by atoms with E-state index in [0.29, 0.717) is 39.1 Å². The van der Waals surface area contributed by atoms with E-state index in [4.69, 9.17) is 10.3 Å². The minimum absolute atomic E-state index is 0.0218. The number of amides is 1. The number of hydrogen-bond donors (Lipinski definition) is 1. The highest BCUT2D eigenvalue weighted by Crippen LogP contribution is 2.32. The van der Waals surface area contributed by atoms with Crippen molar-refractivity contribution in [3.05, 3.63) is 69.9 Å². The van der Waals surface area contributed by atoms with E-state index in [2.05, 4.69) is 10.1 Å². The van der Waals surface area contributed by atoms with E-state index in [1.54, 1.807) is 35.9 Å². The molecular weight excluding hydrogens is 398 g/mol. The lowest BCUT2D eigenvalue weighted by molar-refractivity contribution is 0.0999. The van der Waals surface area contributed by atoms with Crippen molar-refractivity contribution in [3.8, 4) is 22.1 Å². The molecule has 148 valence electrons. The van der Waals surface area contributed by atoms with Gasteiger partial charge in [-0.3, -0.25) is 4.79 Å². The molecule has 3 aromatic heterocycles. The van der Waals surface area contributed by atoms with Crippen molar-refractivity contribution in [1.82, 2.24) is 14.7 Å². The molecule has 0 atom stereocenters. The number of nitrogens with two attached hydrogens (primary N) is 1. The van der Waals surface area contributed by atoms with Crippen molar-refractivity contribution in [3.63, 3.8) is 0 Å². The zero-order valence-corrected chi connectivity index (χ0v) is 16.4. The standard InChI is InChI=1S/C20H16F2N4O2S/c1-10-5-16(25-28-10)20-24-17(9-29-20)18-7-14(19(23)27)11(2)26(18)8-12-6-13(21)3-4-15(12)22/h3-7,9H,8H2,1-2H3,(H2,23,27). The fourth-order valence-electron chi connectivity index (χ4n) is 3.12. The number of nitrogens with zero attached hydrogens (tertiary/aromatic N) is 3. The monoisotopic (exact) mass is 414 g/mol. The molecule has 0 saturated heterocycles. The summed E-state index contributed by atoms with van der Waals surface area (Å²) in [6.45, 7) is 3.51. The zero-order valence-electron chi connectivity index (χ0n) is 15.6. The average molecular weight is 414 g/mol. The minimum atomic E-state index is -0.607. The first-order chi connectivity index (χ1) is 13.8. The minimum Gasteiger partial charge on any atom is -0.366 e. The van der Waals surface area contributed by atoms with Gasteiger partial charge in [0.2, 0.25) is 0 Å². The molecule has 29 heavy (non-hydrogen) atoms. The van der Waals surface area contributed by atoms with Crippen LogP contribution in [0, 0.1) is 25.5 Å². The Balaban J connectivity index is 1.81. The molecule has 1 aromatic carbocycles. The summed E-state index contributed by atoms with van der Waals surface area (Å²) in [6, 6.07) is 6.65. The molecule has 0 bridgehead atoms. The van der Waals surface area contributed by atoms with Gasteiger partial charge in [-0.25, -0.2) is 13.8 Å². The summed E-state index contributed by atoms with van der Waals surface area (Å²) in [4.78, 5) is 16.4. The van der Waals surface area contributed by atoms with Crippen LogP contribution >= 0.6 is 11.3 Å². The molecular formula is C20H16F2N4O2S. The van der Waals surface area contributed by atoms with Crippen molar-refractivity contribution < 1.29 is 18.1 Å². The molecule has 4 rings (SSSR count). The number of aromatic nitrogens is 3. The van der Waals surface area contributed by atoms with Crippen LogP contribution < -0.4 is 5.73 Å². The second-order valence-electron chi connectivity index (χ2n) is 6.58. The molecule has 4 aromatic rings. The van der Waals surface area contributed by atoms with Crippen molar-refractivity contribution in [1.29, 1.82) is 0 Å². The third-order valence-electron chi connectivity index (χ3n) is 4.58.